The van der Waals surface area contributed by atoms with Crippen LogP contribution in [0.4, 0.5) is 15.3 Å². The molecule has 0 saturated carbocycles. The van der Waals surface area contributed by atoms with Crippen molar-refractivity contribution in [3.63, 3.8) is 0 Å². The van der Waals surface area contributed by atoms with E-state index >= 15 is 0 Å². The molecule has 0 saturated heterocycles. The molecular formula is C37H48ClN5O5. The van der Waals surface area contributed by atoms with E-state index in [1.54, 1.807) is 18.2 Å². The van der Waals surface area contributed by atoms with Gasteiger partial charge in [-0.2, -0.15) is 0 Å². The van der Waals surface area contributed by atoms with Crippen LogP contribution < -0.4 is 21.3 Å². The van der Waals surface area contributed by atoms with Gasteiger partial charge >= 0.3 is 12.2 Å². The van der Waals surface area contributed by atoms with Crippen molar-refractivity contribution < 1.29 is 23.9 Å². The fraction of sp³-hybridized carbons (Fsp3) is 0.432. The Morgan fingerprint density at radius 3 is 2.27 bits per heavy atom. The number of amides is 3. The standard InChI is InChI=1S/C37H48ClN5O5/c1-25(2)32(33-42-31-21-28(38)18-19-30(31)34(44)43(33)23-26-13-8-6-9-14-26)40-22-29(41-36(46)48-37(3,4)5)17-12-20-39-35(45)47-24-27-15-10-7-11-16-27/h6-11,13-16,18-19,21,25,29,32-33,40,42H,12,17,20,22-24H2,1-5H3,(H,39,45)(H,41,46)/t29-,32+,33?/m0/s1. The molecule has 11 heteroatoms. The second-order valence-corrected chi connectivity index (χ2v) is 13.8. The Kier molecular flexibility index (Phi) is 13.1. The van der Waals surface area contributed by atoms with E-state index in [1.807, 2.05) is 86.3 Å². The normalized spacial score (nSPS) is 15.6. The SMILES string of the molecule is CC(C)[C@@H](NC[C@H](CCCNC(=O)OCc1ccccc1)NC(=O)OC(C)(C)C)C1Nc2cc(Cl)ccc2C(=O)N1Cc1ccccc1. The Bertz CT molecular complexity index is 1500. The van der Waals surface area contributed by atoms with Crippen LogP contribution in [0.2, 0.25) is 5.02 Å². The Morgan fingerprint density at radius 2 is 1.62 bits per heavy atom. The molecule has 4 N–H and O–H groups in total. The highest BCUT2D eigenvalue weighted by Crippen LogP contribution is 2.31. The van der Waals surface area contributed by atoms with Crippen LogP contribution in [-0.4, -0.2) is 59.9 Å². The zero-order valence-electron chi connectivity index (χ0n) is 28.4. The quantitative estimate of drug-likeness (QED) is 0.136. The number of halogens is 1. The number of benzene rings is 3. The van der Waals surface area contributed by atoms with Crippen LogP contribution in [0.25, 0.3) is 0 Å². The summed E-state index contributed by atoms with van der Waals surface area (Å²) in [5, 5.41) is 13.6. The lowest BCUT2D eigenvalue weighted by atomic mass is 9.95. The van der Waals surface area contributed by atoms with Gasteiger partial charge in [-0.25, -0.2) is 9.59 Å². The fourth-order valence-electron chi connectivity index (χ4n) is 5.58. The first kappa shape index (κ1) is 36.6. The molecule has 0 fully saturated rings. The van der Waals surface area contributed by atoms with E-state index < -0.39 is 24.0 Å². The monoisotopic (exact) mass is 677 g/mol. The molecule has 0 aromatic heterocycles. The first-order valence-electron chi connectivity index (χ1n) is 16.5. The number of hydrogen-bond acceptors (Lipinski definition) is 7. The summed E-state index contributed by atoms with van der Waals surface area (Å²) < 4.78 is 10.9. The highest BCUT2D eigenvalue weighted by molar-refractivity contribution is 6.31. The van der Waals surface area contributed by atoms with E-state index in [0.29, 0.717) is 48.7 Å². The third-order valence-electron chi connectivity index (χ3n) is 7.90. The summed E-state index contributed by atoms with van der Waals surface area (Å²) in [5.74, 6) is 0.00732. The lowest BCUT2D eigenvalue weighted by Gasteiger charge is -2.44. The maximum absolute atomic E-state index is 13.9. The Morgan fingerprint density at radius 1 is 0.958 bits per heavy atom. The van der Waals surface area contributed by atoms with Gasteiger partial charge in [-0.1, -0.05) is 86.1 Å². The second kappa shape index (κ2) is 17.2. The zero-order valence-corrected chi connectivity index (χ0v) is 29.2. The summed E-state index contributed by atoms with van der Waals surface area (Å²) in [6, 6.07) is 24.1. The summed E-state index contributed by atoms with van der Waals surface area (Å²) in [6.07, 6.45) is -0.293. The number of nitrogens with one attached hydrogen (secondary N) is 4. The average Bonchev–Trinajstić information content (AvgIpc) is 3.03. The minimum atomic E-state index is -0.661. The number of ether oxygens (including phenoxy) is 2. The van der Waals surface area contributed by atoms with Gasteiger partial charge in [0.05, 0.1) is 11.3 Å². The van der Waals surface area contributed by atoms with Crippen molar-refractivity contribution in [2.75, 3.05) is 18.4 Å². The maximum Gasteiger partial charge on any atom is 0.407 e. The van der Waals surface area contributed by atoms with E-state index in [9.17, 15) is 14.4 Å². The number of nitrogens with zero attached hydrogens (tertiary/aromatic N) is 1. The van der Waals surface area contributed by atoms with Crippen LogP contribution in [0.3, 0.4) is 0 Å². The van der Waals surface area contributed by atoms with Gasteiger partial charge in [0, 0.05) is 36.7 Å². The van der Waals surface area contributed by atoms with Crippen molar-refractivity contribution in [3.05, 3.63) is 101 Å². The van der Waals surface area contributed by atoms with Gasteiger partial charge in [0.1, 0.15) is 18.4 Å². The van der Waals surface area contributed by atoms with Crippen LogP contribution in [0.15, 0.2) is 78.9 Å². The molecule has 48 heavy (non-hydrogen) atoms. The number of carbonyl (C=O) groups excluding carboxylic acids is 3. The van der Waals surface area contributed by atoms with Gasteiger partial charge in [0.2, 0.25) is 0 Å². The lowest BCUT2D eigenvalue weighted by Crippen LogP contribution is -2.61. The highest BCUT2D eigenvalue weighted by atomic mass is 35.5. The number of anilines is 1. The molecule has 3 amide bonds. The summed E-state index contributed by atoms with van der Waals surface area (Å²) in [5.41, 5.74) is 2.50. The molecule has 3 aromatic carbocycles. The van der Waals surface area contributed by atoms with E-state index in [0.717, 1.165) is 11.1 Å². The minimum Gasteiger partial charge on any atom is -0.445 e. The van der Waals surface area contributed by atoms with Crippen LogP contribution in [0.5, 0.6) is 0 Å². The molecule has 1 aliphatic heterocycles. The highest BCUT2D eigenvalue weighted by Gasteiger charge is 2.38. The third kappa shape index (κ3) is 11.2. The van der Waals surface area contributed by atoms with Crippen molar-refractivity contribution in [1.82, 2.24) is 20.9 Å². The molecule has 0 spiro atoms. The predicted octanol–water partition coefficient (Wildman–Crippen LogP) is 6.95. The van der Waals surface area contributed by atoms with E-state index in [4.69, 9.17) is 21.1 Å². The van der Waals surface area contributed by atoms with E-state index in [2.05, 4.69) is 35.1 Å². The largest absolute Gasteiger partial charge is 0.445 e. The molecule has 1 heterocycles. The van der Waals surface area contributed by atoms with Crippen LogP contribution in [-0.2, 0) is 22.6 Å². The van der Waals surface area contributed by atoms with Gasteiger partial charge in [-0.05, 0) is 68.9 Å². The molecule has 1 aliphatic rings. The summed E-state index contributed by atoms with van der Waals surface area (Å²) in [6.45, 7) is 11.0. The lowest BCUT2D eigenvalue weighted by molar-refractivity contribution is 0.0496. The topological polar surface area (TPSA) is 121 Å². The van der Waals surface area contributed by atoms with Gasteiger partial charge in [0.15, 0.2) is 0 Å². The summed E-state index contributed by atoms with van der Waals surface area (Å²) >= 11 is 6.34. The maximum atomic E-state index is 13.9. The van der Waals surface area contributed by atoms with Gasteiger partial charge < -0.3 is 35.6 Å². The van der Waals surface area contributed by atoms with Crippen LogP contribution in [0.1, 0.15) is 68.9 Å². The van der Waals surface area contributed by atoms with E-state index in [1.165, 1.54) is 0 Å². The molecule has 1 unspecified atom stereocenters. The van der Waals surface area contributed by atoms with E-state index in [-0.39, 0.29) is 30.5 Å². The predicted molar refractivity (Wildman–Crippen MR) is 189 cm³/mol. The molecule has 0 bridgehead atoms. The minimum absolute atomic E-state index is 0.0876. The van der Waals surface area contributed by atoms with Crippen molar-refractivity contribution in [2.45, 2.75) is 84.5 Å². The molecule has 258 valence electrons. The number of alkyl carbamates (subject to hydrolysis) is 2. The van der Waals surface area contributed by atoms with Crippen molar-refractivity contribution in [2.24, 2.45) is 5.92 Å². The molecule has 0 aliphatic carbocycles. The number of carbonyl (C=O) groups is 3. The Labute approximate surface area is 288 Å². The summed E-state index contributed by atoms with van der Waals surface area (Å²) in [4.78, 5) is 40.9. The molecule has 10 nitrogen and oxygen atoms in total. The first-order chi connectivity index (χ1) is 22.9. The third-order valence-corrected chi connectivity index (χ3v) is 8.13. The zero-order chi connectivity index (χ0) is 34.7. The molecule has 3 atom stereocenters. The smallest absolute Gasteiger partial charge is 0.407 e. The summed E-state index contributed by atoms with van der Waals surface area (Å²) in [7, 11) is 0. The van der Waals surface area contributed by atoms with Crippen molar-refractivity contribution >= 4 is 35.4 Å². The number of rotatable bonds is 14. The average molecular weight is 678 g/mol. The van der Waals surface area contributed by atoms with Crippen molar-refractivity contribution in [3.8, 4) is 0 Å². The van der Waals surface area contributed by atoms with Crippen LogP contribution >= 0.6 is 11.6 Å². The molecule has 4 rings (SSSR count). The van der Waals surface area contributed by atoms with Gasteiger partial charge in [0.25, 0.3) is 5.91 Å². The van der Waals surface area contributed by atoms with Gasteiger partial charge in [-0.15, -0.1) is 0 Å². The number of fused-ring (bicyclic) bond motifs is 1. The first-order valence-corrected chi connectivity index (χ1v) is 16.9. The Balaban J connectivity index is 1.45. The Hall–Kier alpha value is -4.28. The van der Waals surface area contributed by atoms with Crippen molar-refractivity contribution in [1.29, 1.82) is 0 Å². The van der Waals surface area contributed by atoms with Gasteiger partial charge in [-0.3, -0.25) is 4.79 Å². The molecule has 3 aromatic rings. The molecular weight excluding hydrogens is 630 g/mol. The fourth-order valence-corrected chi connectivity index (χ4v) is 5.75. The number of hydrogen-bond donors (Lipinski definition) is 4. The van der Waals surface area contributed by atoms with Crippen LogP contribution in [0, 0.1) is 5.92 Å². The molecule has 0 radical (unpaired) electrons. The second-order valence-electron chi connectivity index (χ2n) is 13.3.